The molecule has 228 valence electrons. The van der Waals surface area contributed by atoms with Crippen LogP contribution in [0, 0.1) is 11.8 Å². The maximum absolute atomic E-state index is 13.0. The number of carbonyl (C=O) groups is 4. The predicted molar refractivity (Wildman–Crippen MR) is 163 cm³/mol. The van der Waals surface area contributed by atoms with E-state index in [1.54, 1.807) is 35.7 Å². The molecule has 4 heterocycles. The Morgan fingerprint density at radius 3 is 1.46 bits per heavy atom. The van der Waals surface area contributed by atoms with Crippen molar-refractivity contribution in [1.82, 2.24) is 9.80 Å². The lowest BCUT2D eigenvalue weighted by Gasteiger charge is -2.40. The molecule has 0 aromatic rings. The van der Waals surface area contributed by atoms with E-state index in [4.69, 9.17) is 0 Å². The molecule has 8 nitrogen and oxygen atoms in total. The van der Waals surface area contributed by atoms with Gasteiger partial charge in [0.1, 0.15) is 0 Å². The molecule has 4 amide bonds. The summed E-state index contributed by atoms with van der Waals surface area (Å²) in [5, 5.41) is 21.0. The van der Waals surface area contributed by atoms with Crippen LogP contribution in [-0.2, 0) is 19.2 Å². The summed E-state index contributed by atoms with van der Waals surface area (Å²) in [5.74, 6) is 0.765. The first-order chi connectivity index (χ1) is 19.3. The van der Waals surface area contributed by atoms with Crippen molar-refractivity contribution in [1.29, 1.82) is 0 Å². The lowest BCUT2D eigenvalue weighted by Crippen LogP contribution is -2.54. The van der Waals surface area contributed by atoms with E-state index in [1.807, 2.05) is 27.7 Å². The number of hydrogen-bond acceptors (Lipinski definition) is 8. The molecule has 4 unspecified atom stereocenters. The number of nitrogens with zero attached hydrogens (tertiary/aromatic N) is 2. The van der Waals surface area contributed by atoms with Crippen LogP contribution >= 0.6 is 23.5 Å². The second-order valence-corrected chi connectivity index (χ2v) is 15.5. The van der Waals surface area contributed by atoms with Crippen LogP contribution < -0.4 is 0 Å². The lowest BCUT2D eigenvalue weighted by atomic mass is 9.89. The third-order valence-corrected chi connectivity index (χ3v) is 11.3. The van der Waals surface area contributed by atoms with E-state index < -0.39 is 23.3 Å². The van der Waals surface area contributed by atoms with E-state index in [9.17, 15) is 29.4 Å². The number of aliphatic hydroxyl groups excluding tert-OH is 2. The number of amides is 4. The van der Waals surface area contributed by atoms with E-state index in [0.29, 0.717) is 57.8 Å². The summed E-state index contributed by atoms with van der Waals surface area (Å²) in [7, 11) is 0. The zero-order chi connectivity index (χ0) is 29.9. The highest BCUT2D eigenvalue weighted by molar-refractivity contribution is 8.03. The van der Waals surface area contributed by atoms with Crippen LogP contribution in [-0.4, -0.2) is 78.4 Å². The minimum atomic E-state index is -0.606. The molecule has 41 heavy (non-hydrogen) atoms. The van der Waals surface area contributed by atoms with Gasteiger partial charge in [-0.2, -0.15) is 0 Å². The van der Waals surface area contributed by atoms with Crippen molar-refractivity contribution in [2.75, 3.05) is 11.5 Å². The molecule has 10 heteroatoms. The Morgan fingerprint density at radius 1 is 0.707 bits per heavy atom. The fourth-order valence-electron chi connectivity index (χ4n) is 6.59. The Morgan fingerprint density at radius 2 is 1.07 bits per heavy atom. The number of rotatable bonds is 14. The number of carbonyl (C=O) groups excluding carboxylic acids is 4. The normalized spacial score (nSPS) is 24.8. The molecule has 0 saturated carbocycles. The summed E-state index contributed by atoms with van der Waals surface area (Å²) in [5.41, 5.74) is -1.21. The zero-order valence-corrected chi connectivity index (χ0v) is 26.5. The fraction of sp³-hybridized carbons (Fsp3) is 0.742. The molecule has 0 spiro atoms. The van der Waals surface area contributed by atoms with Crippen molar-refractivity contribution in [2.24, 2.45) is 11.8 Å². The first kappa shape index (κ1) is 32.3. The average molecular weight is 607 g/mol. The second-order valence-electron chi connectivity index (χ2n) is 13.1. The molecule has 0 aromatic heterocycles. The summed E-state index contributed by atoms with van der Waals surface area (Å²) >= 11 is 3.21. The van der Waals surface area contributed by atoms with Gasteiger partial charge in [0.15, 0.2) is 0 Å². The second kappa shape index (κ2) is 13.3. The van der Waals surface area contributed by atoms with Crippen LogP contribution in [0.1, 0.15) is 98.3 Å². The van der Waals surface area contributed by atoms with Crippen LogP contribution in [0.5, 0.6) is 0 Å². The Labute approximate surface area is 252 Å². The molecule has 4 aliphatic heterocycles. The summed E-state index contributed by atoms with van der Waals surface area (Å²) in [6.45, 7) is 7.69. The van der Waals surface area contributed by atoms with E-state index in [0.717, 1.165) is 34.2 Å². The van der Waals surface area contributed by atoms with Gasteiger partial charge in [-0.25, -0.2) is 0 Å². The van der Waals surface area contributed by atoms with Gasteiger partial charge < -0.3 is 10.2 Å². The van der Waals surface area contributed by atoms with Gasteiger partial charge in [-0.3, -0.25) is 29.0 Å². The average Bonchev–Trinajstić information content (AvgIpc) is 3.53. The van der Waals surface area contributed by atoms with Gasteiger partial charge in [0.2, 0.25) is 11.8 Å². The van der Waals surface area contributed by atoms with Crippen molar-refractivity contribution < 1.29 is 29.4 Å². The third-order valence-electron chi connectivity index (χ3n) is 8.98. The van der Waals surface area contributed by atoms with Crippen LogP contribution in [0.4, 0.5) is 0 Å². The maximum atomic E-state index is 13.0. The Bertz CT molecular complexity index is 1020. The molecule has 0 radical (unpaired) electrons. The van der Waals surface area contributed by atoms with Crippen molar-refractivity contribution in [3.8, 4) is 0 Å². The molecular weight excluding hydrogens is 560 g/mol. The topological polar surface area (TPSA) is 115 Å². The van der Waals surface area contributed by atoms with E-state index >= 15 is 0 Å². The fourth-order valence-corrected chi connectivity index (χ4v) is 8.97. The number of aliphatic hydroxyl groups is 2. The highest BCUT2D eigenvalue weighted by Crippen LogP contribution is 2.43. The van der Waals surface area contributed by atoms with Crippen LogP contribution in [0.2, 0.25) is 0 Å². The molecule has 0 aromatic carbocycles. The molecule has 0 bridgehead atoms. The molecule has 4 aliphatic rings. The van der Waals surface area contributed by atoms with Crippen LogP contribution in [0.3, 0.4) is 0 Å². The highest BCUT2D eigenvalue weighted by Gasteiger charge is 2.45. The van der Waals surface area contributed by atoms with Gasteiger partial charge in [-0.05, 0) is 110 Å². The van der Waals surface area contributed by atoms with Crippen LogP contribution in [0.25, 0.3) is 0 Å². The first-order valence-corrected chi connectivity index (χ1v) is 17.1. The van der Waals surface area contributed by atoms with Crippen LogP contribution in [0.15, 0.2) is 22.0 Å². The molecule has 0 aliphatic carbocycles. The standard InChI is InChI=1S/C31H46N2O6S2/c1-30(2,32-26(36)18-24-22(28(32)38)12-16-40-24)14-6-10-20(34)8-5-9-21(35)11-7-15-31(3,4)33-27(37)19-25-23(29(33)39)13-17-41-25/h18-23,34-35H,5-17H2,1-4H3. The summed E-state index contributed by atoms with van der Waals surface area (Å²) in [4.78, 5) is 56.0. The molecular formula is C31H46N2O6S2. The Hall–Kier alpha value is -1.62. The van der Waals surface area contributed by atoms with Crippen molar-refractivity contribution in [3.05, 3.63) is 22.0 Å². The molecule has 2 fully saturated rings. The minimum Gasteiger partial charge on any atom is -0.393 e. The summed E-state index contributed by atoms with van der Waals surface area (Å²) in [6, 6.07) is 0. The number of fused-ring (bicyclic) bond motifs is 2. The predicted octanol–water partition coefficient (Wildman–Crippen LogP) is 4.79. The Kier molecular flexibility index (Phi) is 10.5. The number of imide groups is 2. The molecule has 4 atom stereocenters. The van der Waals surface area contributed by atoms with Gasteiger partial charge in [-0.1, -0.05) is 0 Å². The first-order valence-electron chi connectivity index (χ1n) is 15.1. The van der Waals surface area contributed by atoms with Gasteiger partial charge in [0.05, 0.1) is 24.0 Å². The quantitative estimate of drug-likeness (QED) is 0.271. The number of hydrogen-bond donors (Lipinski definition) is 2. The summed E-state index contributed by atoms with van der Waals surface area (Å²) < 4.78 is 0. The third kappa shape index (κ3) is 7.48. The largest absolute Gasteiger partial charge is 0.393 e. The molecule has 2 saturated heterocycles. The minimum absolute atomic E-state index is 0.0894. The smallest absolute Gasteiger partial charge is 0.254 e. The SMILES string of the molecule is CC(C)(CCCC(O)CCCC(O)CCCC(C)(C)N1C(=O)C=C2SCCC2C1=O)N1C(=O)C=C2SCCC2C1=O. The molecule has 4 rings (SSSR count). The van der Waals surface area contributed by atoms with Crippen molar-refractivity contribution >= 4 is 47.2 Å². The highest BCUT2D eigenvalue weighted by atomic mass is 32.2. The Balaban J connectivity index is 1.12. The van der Waals surface area contributed by atoms with E-state index in [-0.39, 0.29) is 35.5 Å². The van der Waals surface area contributed by atoms with E-state index in [1.165, 1.54) is 9.80 Å². The van der Waals surface area contributed by atoms with Gasteiger partial charge in [0.25, 0.3) is 11.8 Å². The lowest BCUT2D eigenvalue weighted by molar-refractivity contribution is -0.153. The zero-order valence-electron chi connectivity index (χ0n) is 24.9. The monoisotopic (exact) mass is 606 g/mol. The van der Waals surface area contributed by atoms with Gasteiger partial charge >= 0.3 is 0 Å². The maximum Gasteiger partial charge on any atom is 0.254 e. The van der Waals surface area contributed by atoms with Gasteiger partial charge in [0, 0.05) is 33.0 Å². The van der Waals surface area contributed by atoms with Gasteiger partial charge in [-0.15, -0.1) is 23.5 Å². The van der Waals surface area contributed by atoms with Crippen molar-refractivity contribution in [3.63, 3.8) is 0 Å². The summed E-state index contributed by atoms with van der Waals surface area (Å²) in [6.07, 6.45) is 9.51. The van der Waals surface area contributed by atoms with E-state index in [2.05, 4.69) is 0 Å². The van der Waals surface area contributed by atoms with Crippen molar-refractivity contribution in [2.45, 2.75) is 122 Å². The molecule has 2 N–H and O–H groups in total. The number of thioether (sulfide) groups is 2.